The molecule has 0 atom stereocenters. The zero-order valence-electron chi connectivity index (χ0n) is 17.0. The second-order valence-electron chi connectivity index (χ2n) is 7.52. The number of carbonyl (C=O) groups is 2. The predicted octanol–water partition coefficient (Wildman–Crippen LogP) is 3.94. The van der Waals surface area contributed by atoms with E-state index in [0.717, 1.165) is 11.1 Å². The van der Waals surface area contributed by atoms with Crippen LogP contribution in [0.4, 0.5) is 9.18 Å². The lowest BCUT2D eigenvalue weighted by atomic mass is 10.2. The maximum Gasteiger partial charge on any atom is 0.407 e. The lowest BCUT2D eigenvalue weighted by Gasteiger charge is -2.19. The maximum absolute atomic E-state index is 13.2. The fourth-order valence-corrected chi connectivity index (χ4v) is 2.38. The molecule has 2 aromatic rings. The summed E-state index contributed by atoms with van der Waals surface area (Å²) in [5, 5.41) is 5.34. The number of benzene rings is 2. The average molecular weight is 402 g/mol. The zero-order valence-corrected chi connectivity index (χ0v) is 17.0. The number of amides is 2. The van der Waals surface area contributed by atoms with E-state index in [2.05, 4.69) is 10.6 Å². The van der Waals surface area contributed by atoms with E-state index in [1.54, 1.807) is 45.0 Å². The number of nitrogens with one attached hydrogen (secondary N) is 2. The molecule has 0 aromatic heterocycles. The molecule has 0 unspecified atom stereocenters. The minimum Gasteiger partial charge on any atom is -0.489 e. The van der Waals surface area contributed by atoms with Crippen LogP contribution in [0, 0.1) is 5.82 Å². The van der Waals surface area contributed by atoms with Crippen LogP contribution in [0.2, 0.25) is 0 Å². The molecule has 0 saturated heterocycles. The molecule has 0 aliphatic rings. The first-order valence-corrected chi connectivity index (χ1v) is 9.41. The molecule has 156 valence electrons. The van der Waals surface area contributed by atoms with Gasteiger partial charge in [0.05, 0.1) is 0 Å². The first kappa shape index (κ1) is 22.2. The third kappa shape index (κ3) is 9.10. The van der Waals surface area contributed by atoms with Crippen molar-refractivity contribution in [3.8, 4) is 5.75 Å². The van der Waals surface area contributed by atoms with E-state index in [1.807, 2.05) is 12.1 Å². The van der Waals surface area contributed by atoms with Crippen LogP contribution in [0.15, 0.2) is 48.5 Å². The van der Waals surface area contributed by atoms with Gasteiger partial charge >= 0.3 is 6.09 Å². The normalized spacial score (nSPS) is 10.9. The van der Waals surface area contributed by atoms with Crippen LogP contribution in [0.5, 0.6) is 5.75 Å². The van der Waals surface area contributed by atoms with Crippen LogP contribution in [0.3, 0.4) is 0 Å². The molecule has 0 spiro atoms. The summed E-state index contributed by atoms with van der Waals surface area (Å²) in [7, 11) is 0. The van der Waals surface area contributed by atoms with E-state index in [4.69, 9.17) is 9.47 Å². The summed E-state index contributed by atoms with van der Waals surface area (Å²) in [4.78, 5) is 23.4. The Hall–Kier alpha value is -3.09. The van der Waals surface area contributed by atoms with Crippen LogP contribution >= 0.6 is 0 Å². The van der Waals surface area contributed by atoms with Crippen molar-refractivity contribution in [2.45, 2.75) is 45.9 Å². The van der Waals surface area contributed by atoms with Crippen LogP contribution in [0.25, 0.3) is 0 Å². The van der Waals surface area contributed by atoms with Crippen molar-refractivity contribution < 1.29 is 23.5 Å². The third-order valence-corrected chi connectivity index (χ3v) is 3.73. The zero-order chi connectivity index (χ0) is 21.3. The van der Waals surface area contributed by atoms with Gasteiger partial charge in [0.15, 0.2) is 0 Å². The molecule has 2 N–H and O–H groups in total. The van der Waals surface area contributed by atoms with Crippen molar-refractivity contribution in [1.29, 1.82) is 0 Å². The molecule has 2 amide bonds. The molecule has 0 heterocycles. The molecule has 7 heteroatoms. The van der Waals surface area contributed by atoms with Gasteiger partial charge < -0.3 is 20.1 Å². The second kappa shape index (κ2) is 10.5. The minimum atomic E-state index is -0.570. The number of hydrogen-bond acceptors (Lipinski definition) is 4. The Bertz CT molecular complexity index is 816. The SMILES string of the molecule is CC(C)(C)OC(=O)NCCC(=O)NCc1ccc(OCc2cccc(F)c2)cc1. The van der Waals surface area contributed by atoms with E-state index in [0.29, 0.717) is 12.3 Å². The highest BCUT2D eigenvalue weighted by Gasteiger charge is 2.15. The number of ether oxygens (including phenoxy) is 2. The standard InChI is InChI=1S/C22H27FN2O4/c1-22(2,3)29-21(27)24-12-11-20(26)25-14-16-7-9-19(10-8-16)28-15-17-5-4-6-18(23)13-17/h4-10,13H,11-12,14-15H2,1-3H3,(H,24,27)(H,25,26). The highest BCUT2D eigenvalue weighted by molar-refractivity contribution is 5.77. The van der Waals surface area contributed by atoms with Gasteiger partial charge in [-0.1, -0.05) is 24.3 Å². The summed E-state index contributed by atoms with van der Waals surface area (Å²) in [6, 6.07) is 13.5. The topological polar surface area (TPSA) is 76.7 Å². The van der Waals surface area contributed by atoms with Crippen LogP contribution in [-0.4, -0.2) is 24.1 Å². The predicted molar refractivity (Wildman–Crippen MR) is 108 cm³/mol. The van der Waals surface area contributed by atoms with Crippen molar-refractivity contribution in [2.24, 2.45) is 0 Å². The molecule has 2 aromatic carbocycles. The molecule has 0 fully saturated rings. The molecule has 0 aliphatic carbocycles. The van der Waals surface area contributed by atoms with Gasteiger partial charge in [-0.05, 0) is 56.2 Å². The van der Waals surface area contributed by atoms with Gasteiger partial charge in [-0.2, -0.15) is 0 Å². The highest BCUT2D eigenvalue weighted by atomic mass is 19.1. The van der Waals surface area contributed by atoms with Gasteiger partial charge in [0, 0.05) is 19.5 Å². The average Bonchev–Trinajstić information content (AvgIpc) is 2.64. The Kier molecular flexibility index (Phi) is 8.00. The lowest BCUT2D eigenvalue weighted by Crippen LogP contribution is -2.35. The van der Waals surface area contributed by atoms with E-state index < -0.39 is 11.7 Å². The Balaban J connectivity index is 1.67. The summed E-state index contributed by atoms with van der Waals surface area (Å²) in [6.45, 7) is 6.17. The first-order valence-electron chi connectivity index (χ1n) is 9.41. The smallest absolute Gasteiger partial charge is 0.407 e. The number of carbonyl (C=O) groups excluding carboxylic acids is 2. The fraction of sp³-hybridized carbons (Fsp3) is 0.364. The van der Waals surface area contributed by atoms with Crippen molar-refractivity contribution >= 4 is 12.0 Å². The number of rotatable bonds is 8. The summed E-state index contributed by atoms with van der Waals surface area (Å²) in [5.74, 6) is 0.192. The number of halogens is 1. The Morgan fingerprint density at radius 2 is 1.72 bits per heavy atom. The Labute approximate surface area is 170 Å². The Morgan fingerprint density at radius 1 is 1.00 bits per heavy atom. The molecular weight excluding hydrogens is 375 g/mol. The molecule has 0 bridgehead atoms. The molecule has 6 nitrogen and oxygen atoms in total. The quantitative estimate of drug-likeness (QED) is 0.701. The molecule has 29 heavy (non-hydrogen) atoms. The van der Waals surface area contributed by atoms with E-state index in [1.165, 1.54) is 12.1 Å². The highest BCUT2D eigenvalue weighted by Crippen LogP contribution is 2.15. The number of alkyl carbamates (subject to hydrolysis) is 1. The fourth-order valence-electron chi connectivity index (χ4n) is 2.38. The van der Waals surface area contributed by atoms with E-state index >= 15 is 0 Å². The summed E-state index contributed by atoms with van der Waals surface area (Å²) in [5.41, 5.74) is 1.09. The van der Waals surface area contributed by atoms with Gasteiger partial charge in [-0.3, -0.25) is 4.79 Å². The van der Waals surface area contributed by atoms with E-state index in [-0.39, 0.29) is 31.3 Å². The molecule has 0 saturated carbocycles. The maximum atomic E-state index is 13.2. The van der Waals surface area contributed by atoms with Crippen molar-refractivity contribution in [3.05, 3.63) is 65.5 Å². The summed E-state index contributed by atoms with van der Waals surface area (Å²) in [6.07, 6.45) is -0.382. The largest absolute Gasteiger partial charge is 0.489 e. The number of hydrogen-bond donors (Lipinski definition) is 2. The third-order valence-electron chi connectivity index (χ3n) is 3.73. The van der Waals surface area contributed by atoms with Gasteiger partial charge in [-0.25, -0.2) is 9.18 Å². The van der Waals surface area contributed by atoms with Crippen LogP contribution in [-0.2, 0) is 22.7 Å². The monoisotopic (exact) mass is 402 g/mol. The van der Waals surface area contributed by atoms with Crippen LogP contribution in [0.1, 0.15) is 38.3 Å². The first-order chi connectivity index (χ1) is 13.7. The summed E-state index contributed by atoms with van der Waals surface area (Å²) < 4.78 is 23.9. The summed E-state index contributed by atoms with van der Waals surface area (Å²) >= 11 is 0. The molecule has 2 rings (SSSR count). The molecule has 0 radical (unpaired) electrons. The minimum absolute atomic E-state index is 0.161. The van der Waals surface area contributed by atoms with Gasteiger partial charge in [0.25, 0.3) is 0 Å². The van der Waals surface area contributed by atoms with Gasteiger partial charge in [0.1, 0.15) is 23.8 Å². The van der Waals surface area contributed by atoms with E-state index in [9.17, 15) is 14.0 Å². The molecular formula is C22H27FN2O4. The second-order valence-corrected chi connectivity index (χ2v) is 7.52. The lowest BCUT2D eigenvalue weighted by molar-refractivity contribution is -0.121. The molecule has 0 aliphatic heterocycles. The van der Waals surface area contributed by atoms with Gasteiger partial charge in [-0.15, -0.1) is 0 Å². The van der Waals surface area contributed by atoms with Crippen molar-refractivity contribution in [3.63, 3.8) is 0 Å². The van der Waals surface area contributed by atoms with Crippen molar-refractivity contribution in [2.75, 3.05) is 6.54 Å². The Morgan fingerprint density at radius 3 is 2.38 bits per heavy atom. The van der Waals surface area contributed by atoms with Gasteiger partial charge in [0.2, 0.25) is 5.91 Å². The van der Waals surface area contributed by atoms with Crippen molar-refractivity contribution in [1.82, 2.24) is 10.6 Å². The van der Waals surface area contributed by atoms with Crippen LogP contribution < -0.4 is 15.4 Å².